The molecule has 0 aliphatic heterocycles. The summed E-state index contributed by atoms with van der Waals surface area (Å²) in [5, 5.41) is 9.78. The molecule has 0 saturated carbocycles. The van der Waals surface area contributed by atoms with E-state index in [9.17, 15) is 19.5 Å². The Morgan fingerprint density at radius 3 is 0.904 bits per heavy atom. The predicted molar refractivity (Wildman–Crippen MR) is 406 cm³/mol. The van der Waals surface area contributed by atoms with E-state index in [0.29, 0.717) is 17.4 Å². The molecule has 0 aromatic rings. The van der Waals surface area contributed by atoms with E-state index in [0.717, 1.165) is 77.0 Å². The maximum atomic E-state index is 13.0. The molecule has 0 bridgehead atoms. The van der Waals surface area contributed by atoms with Crippen LogP contribution in [0.15, 0.2) is 72.9 Å². The van der Waals surface area contributed by atoms with Crippen molar-refractivity contribution in [2.45, 2.75) is 405 Å². The highest BCUT2D eigenvalue weighted by atomic mass is 16.7. The number of carboxylic acid groups (broad SMARTS) is 1. The first-order chi connectivity index (χ1) is 46.1. The maximum absolute atomic E-state index is 13.0. The van der Waals surface area contributed by atoms with E-state index in [4.69, 9.17) is 18.9 Å². The summed E-state index contributed by atoms with van der Waals surface area (Å²) in [6.07, 6.45) is 99.2. The van der Waals surface area contributed by atoms with Gasteiger partial charge >= 0.3 is 17.9 Å². The number of likely N-dealkylation sites (N-methyl/N-ethyl adjacent to an activating group) is 1. The minimum absolute atomic E-state index is 0.178. The van der Waals surface area contributed by atoms with E-state index in [-0.39, 0.29) is 38.2 Å². The number of carbonyl (C=O) groups excluding carboxylic acids is 2. The fourth-order valence-corrected chi connectivity index (χ4v) is 12.1. The van der Waals surface area contributed by atoms with Gasteiger partial charge in [0.1, 0.15) is 13.2 Å². The Hall–Kier alpha value is -3.27. The Morgan fingerprint density at radius 1 is 0.330 bits per heavy atom. The van der Waals surface area contributed by atoms with Crippen molar-refractivity contribution in [2.24, 2.45) is 0 Å². The van der Waals surface area contributed by atoms with Crippen LogP contribution in [0.3, 0.4) is 0 Å². The van der Waals surface area contributed by atoms with Gasteiger partial charge in [0, 0.05) is 12.8 Å². The van der Waals surface area contributed by atoms with Gasteiger partial charge in [0.25, 0.3) is 6.29 Å². The lowest BCUT2D eigenvalue weighted by molar-refractivity contribution is -0.870. The van der Waals surface area contributed by atoms with Crippen LogP contribution in [0.1, 0.15) is 393 Å². The molecule has 548 valence electrons. The Morgan fingerprint density at radius 2 is 0.606 bits per heavy atom. The second kappa shape index (κ2) is 75.5. The number of hydrogen-bond donors (Lipinski definition) is 1. The van der Waals surface area contributed by atoms with Crippen LogP contribution in [-0.4, -0.2) is 87.4 Å². The minimum atomic E-state index is -1.51. The van der Waals surface area contributed by atoms with Crippen LogP contribution < -0.4 is 0 Å². The summed E-state index contributed by atoms with van der Waals surface area (Å²) in [5.74, 6) is -1.98. The molecule has 0 saturated heterocycles. The smallest absolute Gasteiger partial charge is 0.361 e. The first kappa shape index (κ1) is 90.7. The quantitative estimate of drug-likeness (QED) is 0.0211. The highest BCUT2D eigenvalue weighted by Gasteiger charge is 2.25. The van der Waals surface area contributed by atoms with E-state index < -0.39 is 18.4 Å². The fourth-order valence-electron chi connectivity index (χ4n) is 12.1. The molecule has 0 radical (unpaired) electrons. The van der Waals surface area contributed by atoms with Crippen molar-refractivity contribution in [3.63, 3.8) is 0 Å². The number of unbranched alkanes of at least 4 members (excludes halogenated alkanes) is 49. The van der Waals surface area contributed by atoms with Crippen molar-refractivity contribution in [2.75, 3.05) is 47.5 Å². The molecule has 0 aliphatic carbocycles. The second-order valence-electron chi connectivity index (χ2n) is 28.7. The SMILES string of the molecule is CC/C=C\C/C=C\C/C=C\C/C=C\C/C=C\C/C=C\CCCCCCCCCCCCCCCCCCC(=O)OC(COC(=O)CCCCCCCCCCCCCCCCCCCCCCCCCCCCCCCCCCCC)COC(OCC[N+](C)(C)C)C(=O)O. The molecule has 0 rings (SSSR count). The molecular formula is C85H156NO8+. The van der Waals surface area contributed by atoms with Crippen LogP contribution in [0.5, 0.6) is 0 Å². The zero-order chi connectivity index (χ0) is 68.2. The van der Waals surface area contributed by atoms with Crippen LogP contribution in [-0.2, 0) is 33.3 Å². The number of carboxylic acids is 1. The topological polar surface area (TPSA) is 108 Å². The molecular weight excluding hydrogens is 1160 g/mol. The molecule has 0 aliphatic rings. The Bertz CT molecular complexity index is 1780. The molecule has 0 amide bonds. The molecule has 0 aromatic heterocycles. The van der Waals surface area contributed by atoms with Gasteiger partial charge in [-0.15, -0.1) is 0 Å². The normalized spacial score (nSPS) is 13.0. The average Bonchev–Trinajstić information content (AvgIpc) is 3.76. The van der Waals surface area contributed by atoms with E-state index >= 15 is 0 Å². The number of allylic oxidation sites excluding steroid dienone is 12. The van der Waals surface area contributed by atoms with Gasteiger partial charge in [-0.1, -0.05) is 389 Å². The molecule has 94 heavy (non-hydrogen) atoms. The standard InChI is InChI=1S/C85H155NO8/c1-6-8-10-12-14-16-18-20-22-24-26-28-30-32-34-36-38-40-42-44-46-48-50-52-54-56-58-60-62-64-66-68-70-72-74-76-83(88)94-81(80-93-85(84(89)90)91-78-77-86(3,4)5)79-92-82(87)75-73-71-69-67-65-63-61-59-57-55-53-51-49-47-45-43-41-39-37-35-33-31-29-27-25-23-21-19-17-15-13-11-9-7-2/h8,10,14,16,20,22,26,28,32,34,38,40,81,85H,6-7,9,11-13,15,17-19,21,23-25,27,29-31,33,35-37,39,41-80H2,1-5H3/p+1/b10-8-,16-14-,22-20-,28-26-,34-32-,40-38-. The fraction of sp³-hybridized carbons (Fsp3) is 0.824. The highest BCUT2D eigenvalue weighted by Crippen LogP contribution is 2.20. The summed E-state index contributed by atoms with van der Waals surface area (Å²) < 4.78 is 23.1. The highest BCUT2D eigenvalue weighted by molar-refractivity contribution is 5.71. The second-order valence-corrected chi connectivity index (χ2v) is 28.7. The van der Waals surface area contributed by atoms with Gasteiger partial charge in [0.05, 0.1) is 34.4 Å². The molecule has 0 heterocycles. The molecule has 1 N–H and O–H groups in total. The number of nitrogens with zero attached hydrogens (tertiary/aromatic N) is 1. The van der Waals surface area contributed by atoms with E-state index in [1.165, 1.54) is 289 Å². The van der Waals surface area contributed by atoms with Crippen LogP contribution in [0, 0.1) is 0 Å². The lowest BCUT2D eigenvalue weighted by Crippen LogP contribution is -2.40. The largest absolute Gasteiger partial charge is 0.477 e. The van der Waals surface area contributed by atoms with Crippen molar-refractivity contribution in [1.29, 1.82) is 0 Å². The zero-order valence-electron chi connectivity index (χ0n) is 62.9. The summed E-state index contributed by atoms with van der Waals surface area (Å²) in [6, 6.07) is 0. The zero-order valence-corrected chi connectivity index (χ0v) is 62.9. The van der Waals surface area contributed by atoms with E-state index in [1.54, 1.807) is 0 Å². The average molecular weight is 1320 g/mol. The van der Waals surface area contributed by atoms with Gasteiger partial charge in [-0.25, -0.2) is 4.79 Å². The van der Waals surface area contributed by atoms with Crippen molar-refractivity contribution >= 4 is 17.9 Å². The monoisotopic (exact) mass is 1320 g/mol. The number of hydrogen-bond acceptors (Lipinski definition) is 7. The summed E-state index contributed by atoms with van der Waals surface area (Å²) in [6.45, 7) is 4.83. The molecule has 0 fully saturated rings. The van der Waals surface area contributed by atoms with Crippen LogP contribution >= 0.6 is 0 Å². The maximum Gasteiger partial charge on any atom is 0.361 e. The van der Waals surface area contributed by atoms with Crippen molar-refractivity contribution in [3.05, 3.63) is 72.9 Å². The van der Waals surface area contributed by atoms with Crippen LogP contribution in [0.4, 0.5) is 0 Å². The van der Waals surface area contributed by atoms with Gasteiger partial charge in [-0.3, -0.25) is 9.59 Å². The van der Waals surface area contributed by atoms with E-state index in [1.807, 2.05) is 21.1 Å². The van der Waals surface area contributed by atoms with Crippen molar-refractivity contribution < 1.29 is 42.9 Å². The molecule has 9 heteroatoms. The van der Waals surface area contributed by atoms with Gasteiger partial charge in [-0.05, 0) is 64.2 Å². The molecule has 9 nitrogen and oxygen atoms in total. The number of rotatable bonds is 76. The van der Waals surface area contributed by atoms with Crippen LogP contribution in [0.25, 0.3) is 0 Å². The van der Waals surface area contributed by atoms with Gasteiger partial charge in [0.2, 0.25) is 0 Å². The Balaban J connectivity index is 3.99. The first-order valence-electron chi connectivity index (χ1n) is 40.6. The Labute approximate surface area is 583 Å². The molecule has 2 unspecified atom stereocenters. The van der Waals surface area contributed by atoms with Crippen molar-refractivity contribution in [1.82, 2.24) is 0 Å². The lowest BCUT2D eigenvalue weighted by Gasteiger charge is -2.25. The predicted octanol–water partition coefficient (Wildman–Crippen LogP) is 26.0. The number of quaternary nitrogens is 1. The number of aliphatic carboxylic acids is 1. The van der Waals surface area contributed by atoms with Gasteiger partial charge < -0.3 is 28.5 Å². The molecule has 0 aromatic carbocycles. The third kappa shape index (κ3) is 76.1. The number of ether oxygens (including phenoxy) is 4. The van der Waals surface area contributed by atoms with Crippen molar-refractivity contribution in [3.8, 4) is 0 Å². The summed E-state index contributed by atoms with van der Waals surface area (Å²) >= 11 is 0. The Kier molecular flexibility index (Phi) is 72.9. The van der Waals surface area contributed by atoms with E-state index in [2.05, 4.69) is 86.8 Å². The molecule has 2 atom stereocenters. The number of esters is 2. The number of carbonyl (C=O) groups is 3. The lowest BCUT2D eigenvalue weighted by atomic mass is 10.0. The summed E-state index contributed by atoms with van der Waals surface area (Å²) in [5.41, 5.74) is 0. The van der Waals surface area contributed by atoms with Gasteiger partial charge in [0.15, 0.2) is 6.10 Å². The van der Waals surface area contributed by atoms with Gasteiger partial charge in [-0.2, -0.15) is 0 Å². The van der Waals surface area contributed by atoms with Crippen LogP contribution in [0.2, 0.25) is 0 Å². The summed E-state index contributed by atoms with van der Waals surface area (Å²) in [4.78, 5) is 37.8. The third-order valence-electron chi connectivity index (χ3n) is 18.2. The minimum Gasteiger partial charge on any atom is -0.477 e. The third-order valence-corrected chi connectivity index (χ3v) is 18.2. The first-order valence-corrected chi connectivity index (χ1v) is 40.6. The molecule has 0 spiro atoms. The summed E-state index contributed by atoms with van der Waals surface area (Å²) in [7, 11) is 5.99.